The molecule has 1 aromatic carbocycles. The second-order valence-electron chi connectivity index (χ2n) is 7.43. The van der Waals surface area contributed by atoms with Crippen molar-refractivity contribution in [3.05, 3.63) is 48.0 Å². The number of imidazole rings is 1. The Morgan fingerprint density at radius 1 is 1.24 bits per heavy atom. The molecule has 1 atom stereocenters. The second-order valence-corrected chi connectivity index (χ2v) is 7.43. The predicted molar refractivity (Wildman–Crippen MR) is 108 cm³/mol. The lowest BCUT2D eigenvalue weighted by Crippen LogP contribution is -2.45. The highest BCUT2D eigenvalue weighted by Gasteiger charge is 2.28. The van der Waals surface area contributed by atoms with Crippen LogP contribution in [0, 0.1) is 6.92 Å². The van der Waals surface area contributed by atoms with Gasteiger partial charge >= 0.3 is 0 Å². The van der Waals surface area contributed by atoms with E-state index in [4.69, 9.17) is 9.47 Å². The fourth-order valence-corrected chi connectivity index (χ4v) is 4.05. The molecule has 2 aliphatic rings. The third kappa shape index (κ3) is 3.35. The number of nitrogens with zero attached hydrogens (tertiary/aromatic N) is 4. The number of anilines is 1. The average Bonchev–Trinajstić information content (AvgIpc) is 3.09. The molecule has 1 fully saturated rings. The van der Waals surface area contributed by atoms with Crippen LogP contribution < -0.4 is 14.8 Å². The van der Waals surface area contributed by atoms with Crippen LogP contribution in [0.25, 0.3) is 5.78 Å². The van der Waals surface area contributed by atoms with Gasteiger partial charge in [-0.3, -0.25) is 9.20 Å². The summed E-state index contributed by atoms with van der Waals surface area (Å²) in [5.74, 6) is 2.09. The fraction of sp³-hybridized carbons (Fsp3) is 0.381. The summed E-state index contributed by atoms with van der Waals surface area (Å²) < 4.78 is 13.0. The number of likely N-dealkylation sites (tertiary alicyclic amines) is 1. The quantitative estimate of drug-likeness (QED) is 0.737. The SMILES string of the molecule is Cc1nc2ncccn2c1C(=O)N1CCC[C@H](Nc2ccc3c(c2)OCCO3)C1. The number of benzene rings is 1. The Kier molecular flexibility index (Phi) is 4.46. The summed E-state index contributed by atoms with van der Waals surface area (Å²) in [5, 5.41) is 3.55. The minimum Gasteiger partial charge on any atom is -0.486 e. The minimum absolute atomic E-state index is 0.00308. The maximum atomic E-state index is 13.3. The molecule has 8 heteroatoms. The molecule has 1 N–H and O–H groups in total. The molecule has 3 aromatic rings. The van der Waals surface area contributed by atoms with Crippen LogP contribution in [0.3, 0.4) is 0 Å². The normalized spacial score (nSPS) is 18.7. The van der Waals surface area contributed by atoms with Crippen molar-refractivity contribution < 1.29 is 14.3 Å². The summed E-state index contributed by atoms with van der Waals surface area (Å²) in [6.45, 7) is 4.38. The molecule has 29 heavy (non-hydrogen) atoms. The predicted octanol–water partition coefficient (Wildman–Crippen LogP) is 2.53. The molecule has 0 spiro atoms. The minimum atomic E-state index is -0.00308. The van der Waals surface area contributed by atoms with Gasteiger partial charge in [-0.1, -0.05) is 0 Å². The number of carbonyl (C=O) groups excluding carboxylic acids is 1. The van der Waals surface area contributed by atoms with Gasteiger partial charge in [0.2, 0.25) is 5.78 Å². The van der Waals surface area contributed by atoms with Crippen molar-refractivity contribution in [1.82, 2.24) is 19.3 Å². The van der Waals surface area contributed by atoms with E-state index >= 15 is 0 Å². The maximum absolute atomic E-state index is 13.3. The molecule has 0 unspecified atom stereocenters. The van der Waals surface area contributed by atoms with Crippen LogP contribution in [0.15, 0.2) is 36.7 Å². The van der Waals surface area contributed by atoms with Gasteiger partial charge in [0.05, 0.1) is 5.69 Å². The van der Waals surface area contributed by atoms with E-state index in [-0.39, 0.29) is 11.9 Å². The number of piperidine rings is 1. The van der Waals surface area contributed by atoms with Crippen LogP contribution in [-0.2, 0) is 0 Å². The summed E-state index contributed by atoms with van der Waals surface area (Å²) >= 11 is 0. The zero-order valence-corrected chi connectivity index (χ0v) is 16.3. The molecule has 0 saturated carbocycles. The molecule has 5 rings (SSSR count). The van der Waals surface area contributed by atoms with E-state index < -0.39 is 0 Å². The van der Waals surface area contributed by atoms with Crippen LogP contribution in [0.4, 0.5) is 5.69 Å². The van der Waals surface area contributed by atoms with Gasteiger partial charge in [0.15, 0.2) is 11.5 Å². The van der Waals surface area contributed by atoms with Crippen LogP contribution in [0.5, 0.6) is 11.5 Å². The number of fused-ring (bicyclic) bond motifs is 2. The van der Waals surface area contributed by atoms with Gasteiger partial charge in [0.1, 0.15) is 18.9 Å². The van der Waals surface area contributed by atoms with Gasteiger partial charge in [-0.05, 0) is 38.0 Å². The van der Waals surface area contributed by atoms with Gasteiger partial charge in [-0.25, -0.2) is 9.97 Å². The highest BCUT2D eigenvalue weighted by atomic mass is 16.6. The summed E-state index contributed by atoms with van der Waals surface area (Å²) in [5.41, 5.74) is 2.27. The molecular formula is C21H23N5O3. The smallest absolute Gasteiger partial charge is 0.272 e. The monoisotopic (exact) mass is 393 g/mol. The molecular weight excluding hydrogens is 370 g/mol. The number of hydrogen-bond donors (Lipinski definition) is 1. The third-order valence-electron chi connectivity index (χ3n) is 5.40. The first-order valence-corrected chi connectivity index (χ1v) is 9.94. The first kappa shape index (κ1) is 17.8. The van der Waals surface area contributed by atoms with Crippen LogP contribution in [-0.4, -0.2) is 57.5 Å². The lowest BCUT2D eigenvalue weighted by atomic mass is 10.0. The van der Waals surface area contributed by atoms with E-state index in [0.29, 0.717) is 36.9 Å². The number of carbonyl (C=O) groups is 1. The Balaban J connectivity index is 1.33. The Hall–Kier alpha value is -3.29. The lowest BCUT2D eigenvalue weighted by Gasteiger charge is -2.34. The number of aryl methyl sites for hydroxylation is 1. The van der Waals surface area contributed by atoms with Crippen molar-refractivity contribution in [2.75, 3.05) is 31.6 Å². The number of nitrogens with one attached hydrogen (secondary N) is 1. The third-order valence-corrected chi connectivity index (χ3v) is 5.40. The van der Waals surface area contributed by atoms with Gasteiger partial charge in [-0.2, -0.15) is 0 Å². The molecule has 1 saturated heterocycles. The molecule has 150 valence electrons. The van der Waals surface area contributed by atoms with Gasteiger partial charge in [-0.15, -0.1) is 0 Å². The van der Waals surface area contributed by atoms with E-state index in [0.717, 1.165) is 36.6 Å². The van der Waals surface area contributed by atoms with Crippen LogP contribution >= 0.6 is 0 Å². The standard InChI is InChI=1S/C21H23N5O3/c1-14-19(26-9-3-7-22-21(26)23-14)20(27)25-8-2-4-16(13-25)24-15-5-6-17-18(12-15)29-11-10-28-17/h3,5-7,9,12,16,24H,2,4,8,10-11,13H2,1H3/t16-/m0/s1. The first-order chi connectivity index (χ1) is 14.2. The zero-order chi connectivity index (χ0) is 19.8. The average molecular weight is 393 g/mol. The maximum Gasteiger partial charge on any atom is 0.272 e. The lowest BCUT2D eigenvalue weighted by molar-refractivity contribution is 0.0707. The zero-order valence-electron chi connectivity index (χ0n) is 16.3. The molecule has 0 radical (unpaired) electrons. The number of amides is 1. The Morgan fingerprint density at radius 2 is 2.10 bits per heavy atom. The molecule has 2 aliphatic heterocycles. The summed E-state index contributed by atoms with van der Waals surface area (Å²) in [7, 11) is 0. The van der Waals surface area contributed by atoms with Crippen LogP contribution in [0.2, 0.25) is 0 Å². The van der Waals surface area contributed by atoms with E-state index in [1.165, 1.54) is 0 Å². The number of ether oxygens (including phenoxy) is 2. The first-order valence-electron chi connectivity index (χ1n) is 9.94. The summed E-state index contributed by atoms with van der Waals surface area (Å²) in [4.78, 5) is 23.8. The van der Waals surface area contributed by atoms with E-state index in [2.05, 4.69) is 15.3 Å². The molecule has 4 heterocycles. The Labute approximate surface area is 168 Å². The van der Waals surface area contributed by atoms with Gasteiger partial charge in [0.25, 0.3) is 5.91 Å². The van der Waals surface area contributed by atoms with E-state index in [1.54, 1.807) is 10.6 Å². The summed E-state index contributed by atoms with van der Waals surface area (Å²) in [6.07, 6.45) is 5.47. The van der Waals surface area contributed by atoms with Crippen molar-refractivity contribution in [3.8, 4) is 11.5 Å². The molecule has 0 bridgehead atoms. The fourth-order valence-electron chi connectivity index (χ4n) is 4.05. The molecule has 2 aromatic heterocycles. The van der Waals surface area contributed by atoms with Gasteiger partial charge in [0, 0.05) is 43.3 Å². The second kappa shape index (κ2) is 7.27. The van der Waals surface area contributed by atoms with Crippen LogP contribution in [0.1, 0.15) is 29.0 Å². The Morgan fingerprint density at radius 3 is 3.00 bits per heavy atom. The van der Waals surface area contributed by atoms with Gasteiger partial charge < -0.3 is 19.7 Å². The van der Waals surface area contributed by atoms with Crippen molar-refractivity contribution in [3.63, 3.8) is 0 Å². The number of rotatable bonds is 3. The number of hydrogen-bond acceptors (Lipinski definition) is 6. The molecule has 1 amide bonds. The number of aromatic nitrogens is 3. The van der Waals surface area contributed by atoms with Crippen molar-refractivity contribution in [2.24, 2.45) is 0 Å². The topological polar surface area (TPSA) is 81.0 Å². The van der Waals surface area contributed by atoms with E-state index in [1.807, 2.05) is 42.3 Å². The van der Waals surface area contributed by atoms with Crippen molar-refractivity contribution >= 4 is 17.4 Å². The molecule has 8 nitrogen and oxygen atoms in total. The highest BCUT2D eigenvalue weighted by molar-refractivity contribution is 5.94. The molecule has 0 aliphatic carbocycles. The van der Waals surface area contributed by atoms with Crippen molar-refractivity contribution in [1.29, 1.82) is 0 Å². The van der Waals surface area contributed by atoms with Crippen molar-refractivity contribution in [2.45, 2.75) is 25.8 Å². The highest BCUT2D eigenvalue weighted by Crippen LogP contribution is 2.33. The van der Waals surface area contributed by atoms with E-state index in [9.17, 15) is 4.79 Å². The summed E-state index contributed by atoms with van der Waals surface area (Å²) in [6, 6.07) is 7.88. The Bertz CT molecular complexity index is 1060. The largest absolute Gasteiger partial charge is 0.486 e.